The normalized spacial score (nSPS) is 10.8. The summed E-state index contributed by atoms with van der Waals surface area (Å²) in [5.74, 6) is 0.592. The molecule has 0 spiro atoms. The van der Waals surface area contributed by atoms with E-state index in [9.17, 15) is 9.18 Å². The van der Waals surface area contributed by atoms with Crippen LogP contribution in [0.3, 0.4) is 0 Å². The van der Waals surface area contributed by atoms with E-state index in [1.165, 1.54) is 16.9 Å². The molecule has 0 radical (unpaired) electrons. The molecule has 1 N–H and O–H groups in total. The summed E-state index contributed by atoms with van der Waals surface area (Å²) in [4.78, 5) is 12.5. The van der Waals surface area contributed by atoms with Crippen molar-refractivity contribution in [3.05, 3.63) is 100 Å². The monoisotopic (exact) mass is 439 g/mol. The van der Waals surface area contributed by atoms with Crippen LogP contribution in [0.15, 0.2) is 71.4 Å². The Morgan fingerprint density at radius 3 is 2.84 bits per heavy atom. The van der Waals surface area contributed by atoms with Gasteiger partial charge in [-0.25, -0.2) is 4.39 Å². The lowest BCUT2D eigenvalue weighted by molar-refractivity contribution is 0.0992. The number of hydrogen-bond donors (Lipinski definition) is 1. The number of benzene rings is 2. The molecule has 0 bridgehead atoms. The van der Waals surface area contributed by atoms with Gasteiger partial charge in [-0.2, -0.15) is 5.10 Å². The van der Waals surface area contributed by atoms with Crippen LogP contribution >= 0.6 is 11.6 Å². The highest BCUT2D eigenvalue weighted by molar-refractivity contribution is 6.31. The summed E-state index contributed by atoms with van der Waals surface area (Å²) >= 11 is 6.05. The van der Waals surface area contributed by atoms with Crippen LogP contribution in [-0.4, -0.2) is 15.7 Å². The summed E-state index contributed by atoms with van der Waals surface area (Å²) in [6.45, 7) is 2.30. The van der Waals surface area contributed by atoms with Crippen molar-refractivity contribution in [1.82, 2.24) is 9.78 Å². The number of para-hydroxylation sites is 1. The van der Waals surface area contributed by atoms with E-state index in [-0.39, 0.29) is 18.9 Å². The van der Waals surface area contributed by atoms with Crippen molar-refractivity contribution in [2.75, 3.05) is 5.32 Å². The Bertz CT molecular complexity index is 1200. The summed E-state index contributed by atoms with van der Waals surface area (Å²) in [5.41, 5.74) is 1.79. The van der Waals surface area contributed by atoms with E-state index in [0.717, 1.165) is 11.3 Å². The lowest BCUT2D eigenvalue weighted by Gasteiger charge is -2.06. The third-order valence-electron chi connectivity index (χ3n) is 4.62. The lowest BCUT2D eigenvalue weighted by Crippen LogP contribution is -2.10. The van der Waals surface area contributed by atoms with Crippen LogP contribution in [0.2, 0.25) is 5.02 Å². The minimum atomic E-state index is -0.425. The summed E-state index contributed by atoms with van der Waals surface area (Å²) in [7, 11) is 0. The number of aromatic nitrogens is 2. The maximum Gasteiger partial charge on any atom is 0.291 e. The van der Waals surface area contributed by atoms with E-state index in [2.05, 4.69) is 10.4 Å². The fraction of sp³-hybridized carbons (Fsp3) is 0.130. The first-order valence-electron chi connectivity index (χ1n) is 9.53. The summed E-state index contributed by atoms with van der Waals surface area (Å²) in [5, 5.41) is 7.17. The molecule has 8 heteroatoms. The second kappa shape index (κ2) is 9.06. The zero-order chi connectivity index (χ0) is 21.8. The highest BCUT2D eigenvalue weighted by atomic mass is 35.5. The average molecular weight is 440 g/mol. The number of nitrogens with zero attached hydrogens (tertiary/aromatic N) is 2. The number of halogens is 2. The fourth-order valence-electron chi connectivity index (χ4n) is 3.00. The van der Waals surface area contributed by atoms with Crippen molar-refractivity contribution in [2.24, 2.45) is 0 Å². The first kappa shape index (κ1) is 20.7. The van der Waals surface area contributed by atoms with Crippen molar-refractivity contribution in [1.29, 1.82) is 0 Å². The van der Waals surface area contributed by atoms with Crippen molar-refractivity contribution in [3.8, 4) is 5.75 Å². The van der Waals surface area contributed by atoms with E-state index in [0.29, 0.717) is 22.0 Å². The molecule has 0 aliphatic heterocycles. The minimum Gasteiger partial charge on any atom is -0.485 e. The maximum atomic E-state index is 14.0. The van der Waals surface area contributed by atoms with Crippen LogP contribution in [0.5, 0.6) is 5.75 Å². The first-order chi connectivity index (χ1) is 15.0. The van der Waals surface area contributed by atoms with Crippen LogP contribution < -0.4 is 10.1 Å². The van der Waals surface area contributed by atoms with Crippen molar-refractivity contribution in [2.45, 2.75) is 20.1 Å². The van der Waals surface area contributed by atoms with Crippen LogP contribution in [0.25, 0.3) is 0 Å². The smallest absolute Gasteiger partial charge is 0.291 e. The largest absolute Gasteiger partial charge is 0.485 e. The van der Waals surface area contributed by atoms with Crippen LogP contribution in [-0.2, 0) is 13.2 Å². The Balaban J connectivity index is 1.36. The average Bonchev–Trinajstić information content (AvgIpc) is 3.40. The van der Waals surface area contributed by atoms with Crippen LogP contribution in [0.1, 0.15) is 27.4 Å². The molecule has 4 aromatic rings. The highest BCUT2D eigenvalue weighted by Gasteiger charge is 2.14. The number of furan rings is 1. The van der Waals surface area contributed by atoms with Gasteiger partial charge in [0.15, 0.2) is 5.76 Å². The van der Waals surface area contributed by atoms with Crippen LogP contribution in [0.4, 0.5) is 10.1 Å². The lowest BCUT2D eigenvalue weighted by atomic mass is 10.2. The predicted molar refractivity (Wildman–Crippen MR) is 115 cm³/mol. The molecule has 1 amide bonds. The Hall–Kier alpha value is -3.58. The standard InChI is InChI=1S/C23H19ClFN3O3/c1-15-5-2-3-8-21(15)30-14-17-9-10-22(31-17)23(29)27-16-11-26-28(12-16)13-18-19(24)6-4-7-20(18)25/h2-12H,13-14H2,1H3,(H,27,29). The third-order valence-corrected chi connectivity index (χ3v) is 4.98. The molecule has 2 aromatic carbocycles. The molecule has 2 aromatic heterocycles. The number of rotatable bonds is 7. The Kier molecular flexibility index (Phi) is 6.04. The first-order valence-corrected chi connectivity index (χ1v) is 9.91. The van der Waals surface area contributed by atoms with E-state index in [1.807, 2.05) is 31.2 Å². The molecule has 0 atom stereocenters. The number of anilines is 1. The molecule has 6 nitrogen and oxygen atoms in total. The molecule has 0 aliphatic carbocycles. The van der Waals surface area contributed by atoms with Gasteiger partial charge in [0.2, 0.25) is 0 Å². The van der Waals surface area contributed by atoms with Crippen molar-refractivity contribution in [3.63, 3.8) is 0 Å². The second-order valence-electron chi connectivity index (χ2n) is 6.90. The van der Waals surface area contributed by atoms with Gasteiger partial charge >= 0.3 is 0 Å². The summed E-state index contributed by atoms with van der Waals surface area (Å²) in [6, 6.07) is 15.4. The molecule has 0 aliphatic rings. The highest BCUT2D eigenvalue weighted by Crippen LogP contribution is 2.21. The number of ether oxygens (including phenoxy) is 1. The van der Waals surface area contributed by atoms with E-state index in [1.54, 1.807) is 30.5 Å². The SMILES string of the molecule is Cc1ccccc1OCc1ccc(C(=O)Nc2cnn(Cc3c(F)cccc3Cl)c2)o1. The Morgan fingerprint density at radius 2 is 2.03 bits per heavy atom. The van der Waals surface area contributed by atoms with Crippen LogP contribution in [0, 0.1) is 12.7 Å². The van der Waals surface area contributed by atoms with Gasteiger partial charge in [0.05, 0.1) is 18.4 Å². The van der Waals surface area contributed by atoms with E-state index < -0.39 is 11.7 Å². The third kappa shape index (κ3) is 4.95. The number of carbonyl (C=O) groups is 1. The molecule has 0 saturated heterocycles. The van der Waals surface area contributed by atoms with E-state index in [4.69, 9.17) is 20.8 Å². The van der Waals surface area contributed by atoms with Gasteiger partial charge in [0.1, 0.15) is 23.9 Å². The number of nitrogens with one attached hydrogen (secondary N) is 1. The van der Waals surface area contributed by atoms with E-state index >= 15 is 0 Å². The second-order valence-corrected chi connectivity index (χ2v) is 7.31. The molecule has 158 valence electrons. The molecule has 0 saturated carbocycles. The number of amides is 1. The van der Waals surface area contributed by atoms with Gasteiger partial charge in [0.25, 0.3) is 5.91 Å². The zero-order valence-corrected chi connectivity index (χ0v) is 17.4. The Morgan fingerprint density at radius 1 is 1.19 bits per heavy atom. The molecular weight excluding hydrogens is 421 g/mol. The Labute approximate surface area is 183 Å². The molecule has 0 unspecified atom stereocenters. The van der Waals surface area contributed by atoms with Gasteiger partial charge in [-0.1, -0.05) is 35.9 Å². The number of aryl methyl sites for hydroxylation is 1. The molecular formula is C23H19ClFN3O3. The van der Waals surface area contributed by atoms with Gasteiger partial charge in [-0.3, -0.25) is 9.48 Å². The maximum absolute atomic E-state index is 14.0. The number of carbonyl (C=O) groups excluding carboxylic acids is 1. The molecule has 0 fully saturated rings. The zero-order valence-electron chi connectivity index (χ0n) is 16.6. The topological polar surface area (TPSA) is 69.3 Å². The van der Waals surface area contributed by atoms with Gasteiger partial charge < -0.3 is 14.5 Å². The van der Waals surface area contributed by atoms with Gasteiger partial charge in [-0.15, -0.1) is 0 Å². The quantitative estimate of drug-likeness (QED) is 0.415. The van der Waals surface area contributed by atoms with Gasteiger partial charge in [-0.05, 0) is 42.8 Å². The minimum absolute atomic E-state index is 0.141. The summed E-state index contributed by atoms with van der Waals surface area (Å²) in [6.07, 6.45) is 3.06. The van der Waals surface area contributed by atoms with Crippen molar-refractivity contribution < 1.29 is 18.3 Å². The fourth-order valence-corrected chi connectivity index (χ4v) is 3.22. The molecule has 31 heavy (non-hydrogen) atoms. The number of hydrogen-bond acceptors (Lipinski definition) is 4. The summed E-state index contributed by atoms with van der Waals surface area (Å²) < 4.78 is 26.8. The molecule has 2 heterocycles. The van der Waals surface area contributed by atoms with Crippen molar-refractivity contribution >= 4 is 23.2 Å². The predicted octanol–water partition coefficient (Wildman–Crippen LogP) is 5.46. The van der Waals surface area contributed by atoms with Gasteiger partial charge in [0, 0.05) is 16.8 Å². The molecule has 4 rings (SSSR count).